The van der Waals surface area contributed by atoms with E-state index in [0.29, 0.717) is 0 Å². The molecule has 1 aliphatic carbocycles. The Balaban J connectivity index is 2.24. The second-order valence-electron chi connectivity index (χ2n) is 5.83. The van der Waals surface area contributed by atoms with Crippen molar-refractivity contribution in [2.75, 3.05) is 11.5 Å². The summed E-state index contributed by atoms with van der Waals surface area (Å²) in [7, 11) is 0. The highest BCUT2D eigenvalue weighted by Crippen LogP contribution is 2.36. The average molecular weight is 324 g/mol. The number of benzene rings is 2. The molecule has 0 bridgehead atoms. The fourth-order valence-electron chi connectivity index (χ4n) is 2.79. The summed E-state index contributed by atoms with van der Waals surface area (Å²) in [5.74, 6) is -1.49. The largest absolute Gasteiger partial charge is 0.459 e. The maximum absolute atomic E-state index is 12.8. The van der Waals surface area contributed by atoms with Gasteiger partial charge >= 0.3 is 5.97 Å². The van der Waals surface area contributed by atoms with E-state index in [1.54, 1.807) is 38.1 Å². The fourth-order valence-corrected chi connectivity index (χ4v) is 2.79. The first kappa shape index (κ1) is 15.7. The van der Waals surface area contributed by atoms with E-state index in [0.717, 1.165) is 0 Å². The Morgan fingerprint density at radius 1 is 1.00 bits per heavy atom. The van der Waals surface area contributed by atoms with Gasteiger partial charge < -0.3 is 16.2 Å². The summed E-state index contributed by atoms with van der Waals surface area (Å²) < 4.78 is 5.12. The van der Waals surface area contributed by atoms with Gasteiger partial charge in [0.15, 0.2) is 11.6 Å². The van der Waals surface area contributed by atoms with Crippen LogP contribution >= 0.6 is 0 Å². The van der Waals surface area contributed by atoms with E-state index in [1.165, 1.54) is 6.07 Å². The molecule has 0 aliphatic heterocycles. The molecule has 0 saturated carbocycles. The van der Waals surface area contributed by atoms with Crippen LogP contribution in [0.4, 0.5) is 11.4 Å². The van der Waals surface area contributed by atoms with Crippen molar-refractivity contribution in [1.82, 2.24) is 0 Å². The molecule has 122 valence electrons. The van der Waals surface area contributed by atoms with Gasteiger partial charge in [-0.2, -0.15) is 0 Å². The summed E-state index contributed by atoms with van der Waals surface area (Å²) in [5, 5.41) is 0. The summed E-state index contributed by atoms with van der Waals surface area (Å²) in [5.41, 5.74) is 12.4. The molecule has 3 rings (SSSR count). The van der Waals surface area contributed by atoms with Gasteiger partial charge in [0.1, 0.15) is 0 Å². The number of esters is 1. The monoisotopic (exact) mass is 324 g/mol. The van der Waals surface area contributed by atoms with E-state index in [4.69, 9.17) is 16.2 Å². The van der Waals surface area contributed by atoms with E-state index >= 15 is 0 Å². The summed E-state index contributed by atoms with van der Waals surface area (Å²) >= 11 is 0. The molecule has 0 radical (unpaired) electrons. The Hall–Kier alpha value is -3.15. The first-order valence-corrected chi connectivity index (χ1v) is 7.44. The Bertz CT molecular complexity index is 900. The molecule has 0 saturated heterocycles. The number of fused-ring (bicyclic) bond motifs is 2. The normalized spacial score (nSPS) is 12.8. The van der Waals surface area contributed by atoms with E-state index in [9.17, 15) is 14.4 Å². The molecule has 24 heavy (non-hydrogen) atoms. The van der Waals surface area contributed by atoms with Crippen LogP contribution in [-0.4, -0.2) is 23.6 Å². The predicted octanol–water partition coefficient (Wildman–Crippen LogP) is 2.19. The Morgan fingerprint density at radius 3 is 2.08 bits per heavy atom. The standard InChI is InChI=1S/C18H16N2O4/c1-8(2)24-18(23)11-7-12(19)13-14(15(11)20)17(22)10-6-4-3-5-9(10)16(13)21/h3-8H,19-20H2,1-2H3. The summed E-state index contributed by atoms with van der Waals surface area (Å²) in [6, 6.07) is 7.73. The minimum Gasteiger partial charge on any atom is -0.459 e. The van der Waals surface area contributed by atoms with E-state index in [2.05, 4.69) is 0 Å². The van der Waals surface area contributed by atoms with E-state index in [-0.39, 0.29) is 51.1 Å². The number of nitrogen functional groups attached to an aromatic ring is 2. The molecule has 2 aromatic carbocycles. The lowest BCUT2D eigenvalue weighted by molar-refractivity contribution is 0.0379. The van der Waals surface area contributed by atoms with Crippen LogP contribution in [0.1, 0.15) is 56.0 Å². The third-order valence-corrected chi connectivity index (χ3v) is 3.83. The lowest BCUT2D eigenvalue weighted by atomic mass is 9.81. The van der Waals surface area contributed by atoms with Gasteiger partial charge in [-0.3, -0.25) is 9.59 Å². The van der Waals surface area contributed by atoms with Crippen LogP contribution < -0.4 is 11.5 Å². The molecule has 1 aliphatic rings. The molecule has 6 heteroatoms. The smallest absolute Gasteiger partial charge is 0.340 e. The number of ether oxygens (including phenoxy) is 1. The van der Waals surface area contributed by atoms with Crippen molar-refractivity contribution in [2.24, 2.45) is 0 Å². The topological polar surface area (TPSA) is 112 Å². The molecule has 0 fully saturated rings. The highest BCUT2D eigenvalue weighted by atomic mass is 16.5. The summed E-state index contributed by atoms with van der Waals surface area (Å²) in [6.07, 6.45) is -0.354. The third-order valence-electron chi connectivity index (χ3n) is 3.83. The lowest BCUT2D eigenvalue weighted by Crippen LogP contribution is -2.26. The molecule has 0 spiro atoms. The van der Waals surface area contributed by atoms with Gasteiger partial charge in [-0.15, -0.1) is 0 Å². The molecule has 0 heterocycles. The number of anilines is 2. The number of ketones is 2. The van der Waals surface area contributed by atoms with Crippen LogP contribution in [0.3, 0.4) is 0 Å². The maximum atomic E-state index is 12.8. The van der Waals surface area contributed by atoms with Crippen LogP contribution in [-0.2, 0) is 4.74 Å². The number of carbonyl (C=O) groups is 3. The molecule has 0 aromatic heterocycles. The molecule has 2 aromatic rings. The number of hydrogen-bond acceptors (Lipinski definition) is 6. The first-order chi connectivity index (χ1) is 11.3. The van der Waals surface area contributed by atoms with Crippen molar-refractivity contribution in [1.29, 1.82) is 0 Å². The molecule has 0 amide bonds. The quantitative estimate of drug-likeness (QED) is 0.552. The Morgan fingerprint density at radius 2 is 1.54 bits per heavy atom. The lowest BCUT2D eigenvalue weighted by Gasteiger charge is -2.22. The molecule has 4 N–H and O–H groups in total. The van der Waals surface area contributed by atoms with Crippen molar-refractivity contribution in [3.63, 3.8) is 0 Å². The second kappa shape index (κ2) is 5.49. The van der Waals surface area contributed by atoms with Gasteiger partial charge in [-0.05, 0) is 19.9 Å². The van der Waals surface area contributed by atoms with Crippen molar-refractivity contribution in [3.8, 4) is 0 Å². The minimum atomic E-state index is -0.684. The Labute approximate surface area is 138 Å². The van der Waals surface area contributed by atoms with Gasteiger partial charge in [0.05, 0.1) is 28.5 Å². The maximum Gasteiger partial charge on any atom is 0.340 e. The number of carbonyl (C=O) groups excluding carboxylic acids is 3. The van der Waals surface area contributed by atoms with Crippen LogP contribution in [0.5, 0.6) is 0 Å². The SMILES string of the molecule is CC(C)OC(=O)c1cc(N)c2c(c1N)C(=O)c1ccccc1C2=O. The van der Waals surface area contributed by atoms with Crippen molar-refractivity contribution in [3.05, 3.63) is 58.1 Å². The van der Waals surface area contributed by atoms with Crippen LogP contribution in [0.25, 0.3) is 0 Å². The molecule has 6 nitrogen and oxygen atoms in total. The van der Waals surface area contributed by atoms with Crippen molar-refractivity contribution >= 4 is 28.9 Å². The van der Waals surface area contributed by atoms with Crippen LogP contribution in [0.15, 0.2) is 30.3 Å². The van der Waals surface area contributed by atoms with Gasteiger partial charge in [0.25, 0.3) is 0 Å². The highest BCUT2D eigenvalue weighted by Gasteiger charge is 2.35. The third kappa shape index (κ3) is 2.23. The Kier molecular flexibility index (Phi) is 3.60. The average Bonchev–Trinajstić information content (AvgIpc) is 2.53. The summed E-state index contributed by atoms with van der Waals surface area (Å²) in [6.45, 7) is 3.39. The van der Waals surface area contributed by atoms with Crippen molar-refractivity contribution < 1.29 is 19.1 Å². The van der Waals surface area contributed by atoms with Gasteiger partial charge in [0.2, 0.25) is 0 Å². The molecule has 0 unspecified atom stereocenters. The highest BCUT2D eigenvalue weighted by molar-refractivity contribution is 6.32. The zero-order chi connectivity index (χ0) is 17.6. The van der Waals surface area contributed by atoms with Crippen LogP contribution in [0, 0.1) is 0 Å². The summed E-state index contributed by atoms with van der Waals surface area (Å²) in [4.78, 5) is 37.7. The molecule has 0 atom stereocenters. The predicted molar refractivity (Wildman–Crippen MR) is 89.1 cm³/mol. The second-order valence-corrected chi connectivity index (χ2v) is 5.83. The van der Waals surface area contributed by atoms with E-state index < -0.39 is 11.8 Å². The molecular weight excluding hydrogens is 308 g/mol. The minimum absolute atomic E-state index is 0.0134. The zero-order valence-corrected chi connectivity index (χ0v) is 13.3. The number of hydrogen-bond donors (Lipinski definition) is 2. The zero-order valence-electron chi connectivity index (χ0n) is 13.3. The van der Waals surface area contributed by atoms with Crippen LogP contribution in [0.2, 0.25) is 0 Å². The fraction of sp³-hybridized carbons (Fsp3) is 0.167. The van der Waals surface area contributed by atoms with E-state index in [1.807, 2.05) is 0 Å². The molecular formula is C18H16N2O4. The number of nitrogens with two attached hydrogens (primary N) is 2. The number of rotatable bonds is 2. The van der Waals surface area contributed by atoms with Gasteiger partial charge in [-0.25, -0.2) is 4.79 Å². The van der Waals surface area contributed by atoms with Gasteiger partial charge in [-0.1, -0.05) is 24.3 Å². The van der Waals surface area contributed by atoms with Crippen molar-refractivity contribution in [2.45, 2.75) is 20.0 Å². The van der Waals surface area contributed by atoms with Gasteiger partial charge in [0, 0.05) is 16.8 Å². The first-order valence-electron chi connectivity index (χ1n) is 7.44.